The molecule has 236 valence electrons. The smallest absolute Gasteiger partial charge is 0.341 e. The summed E-state index contributed by atoms with van der Waals surface area (Å²) in [7, 11) is 2.01. The topological polar surface area (TPSA) is 176 Å². The molecule has 0 spiro atoms. The van der Waals surface area contributed by atoms with Crippen molar-refractivity contribution >= 4 is 40.7 Å². The van der Waals surface area contributed by atoms with Crippen molar-refractivity contribution in [2.45, 2.75) is 45.8 Å². The summed E-state index contributed by atoms with van der Waals surface area (Å²) in [6.45, 7) is 7.19. The molecular weight excluding hydrogens is 584 g/mol. The highest BCUT2D eigenvalue weighted by molar-refractivity contribution is 6.31. The van der Waals surface area contributed by atoms with Crippen LogP contribution in [0.3, 0.4) is 0 Å². The van der Waals surface area contributed by atoms with Gasteiger partial charge in [-0.2, -0.15) is 0 Å². The number of nitrogens with one attached hydrogen (secondary N) is 3. The molecule has 3 rings (SSSR count). The van der Waals surface area contributed by atoms with Gasteiger partial charge in [-0.05, 0) is 101 Å². The van der Waals surface area contributed by atoms with Crippen LogP contribution in [0.25, 0.3) is 0 Å². The quantitative estimate of drug-likeness (QED) is 0.0955. The number of ether oxygens (including phenoxy) is 2. The summed E-state index contributed by atoms with van der Waals surface area (Å²) >= 11 is 6.26. The fourth-order valence-electron chi connectivity index (χ4n) is 4.36. The molecule has 1 amide bonds. The van der Waals surface area contributed by atoms with Crippen molar-refractivity contribution in [3.63, 3.8) is 0 Å². The van der Waals surface area contributed by atoms with Crippen molar-refractivity contribution in [1.29, 1.82) is 5.41 Å². The van der Waals surface area contributed by atoms with E-state index in [-0.39, 0.29) is 17.9 Å². The lowest BCUT2D eigenvalue weighted by molar-refractivity contribution is -0.139. The number of carboxylic acid groups (broad SMARTS) is 1. The molecule has 8 N–H and O–H groups in total. The Balaban J connectivity index is 1.90. The summed E-state index contributed by atoms with van der Waals surface area (Å²) in [4.78, 5) is 26.8. The molecule has 0 heterocycles. The second kappa shape index (κ2) is 15.4. The minimum Gasteiger partial charge on any atom is -0.490 e. The molecule has 0 radical (unpaired) electrons. The zero-order valence-corrected chi connectivity index (χ0v) is 26.3. The van der Waals surface area contributed by atoms with Gasteiger partial charge in [-0.15, -0.1) is 0 Å². The van der Waals surface area contributed by atoms with E-state index in [1.54, 1.807) is 42.5 Å². The number of rotatable bonds is 16. The highest BCUT2D eigenvalue weighted by Crippen LogP contribution is 2.35. The molecule has 0 aliphatic carbocycles. The number of nitrogens with two attached hydrogens (primary N) is 2. The van der Waals surface area contributed by atoms with Crippen molar-refractivity contribution in [3.05, 3.63) is 81.9 Å². The Morgan fingerprint density at radius 1 is 1.09 bits per heavy atom. The summed E-state index contributed by atoms with van der Waals surface area (Å²) in [5.41, 5.74) is 14.9. The number of amidine groups is 1. The number of nitrogen functional groups attached to an aromatic ring is 1. The largest absolute Gasteiger partial charge is 0.490 e. The molecule has 3 aromatic carbocycles. The first-order chi connectivity index (χ1) is 20.8. The summed E-state index contributed by atoms with van der Waals surface area (Å²) in [6, 6.07) is 15.3. The molecule has 0 saturated heterocycles. The Kier molecular flexibility index (Phi) is 12.0. The van der Waals surface area contributed by atoms with E-state index in [2.05, 4.69) is 15.5 Å². The molecule has 0 bridgehead atoms. The van der Waals surface area contributed by atoms with Crippen molar-refractivity contribution in [3.8, 4) is 11.5 Å². The van der Waals surface area contributed by atoms with E-state index in [1.165, 1.54) is 0 Å². The van der Waals surface area contributed by atoms with Crippen LogP contribution in [0.2, 0.25) is 5.02 Å². The van der Waals surface area contributed by atoms with Crippen LogP contribution in [0.4, 0.5) is 11.4 Å². The second-order valence-electron chi connectivity index (χ2n) is 11.2. The van der Waals surface area contributed by atoms with Gasteiger partial charge in [-0.25, -0.2) is 4.79 Å². The third-order valence-corrected chi connectivity index (χ3v) is 6.81. The summed E-state index contributed by atoms with van der Waals surface area (Å²) in [6.07, 6.45) is 0.804. The van der Waals surface area contributed by atoms with Gasteiger partial charge in [0.25, 0.3) is 5.91 Å². The predicted octanol–water partition coefficient (Wildman–Crippen LogP) is 4.91. The van der Waals surface area contributed by atoms with Crippen LogP contribution in [-0.4, -0.2) is 60.1 Å². The number of hydrogen-bond donors (Lipinski definition) is 6. The first-order valence-corrected chi connectivity index (χ1v) is 14.5. The molecule has 0 fully saturated rings. The third kappa shape index (κ3) is 10.4. The minimum absolute atomic E-state index is 0.0707. The van der Waals surface area contributed by atoms with Gasteiger partial charge >= 0.3 is 5.97 Å². The van der Waals surface area contributed by atoms with Gasteiger partial charge in [0.2, 0.25) is 0 Å². The van der Waals surface area contributed by atoms with E-state index >= 15 is 0 Å². The highest BCUT2D eigenvalue weighted by Gasteiger charge is 2.19. The first kappa shape index (κ1) is 34.2. The number of amides is 1. The predicted molar refractivity (Wildman–Crippen MR) is 174 cm³/mol. The Hall–Kier alpha value is -4.32. The van der Waals surface area contributed by atoms with E-state index in [4.69, 9.17) is 38.0 Å². The summed E-state index contributed by atoms with van der Waals surface area (Å²) < 4.78 is 11.6. The maximum atomic E-state index is 13.3. The van der Waals surface area contributed by atoms with Crippen LogP contribution in [0, 0.1) is 5.41 Å². The maximum absolute atomic E-state index is 13.3. The average Bonchev–Trinajstić information content (AvgIpc) is 2.94. The van der Waals surface area contributed by atoms with Gasteiger partial charge in [0.1, 0.15) is 5.84 Å². The Morgan fingerprint density at radius 2 is 1.80 bits per heavy atom. The molecule has 0 aliphatic heterocycles. The van der Waals surface area contributed by atoms with Crippen LogP contribution in [0.5, 0.6) is 11.5 Å². The molecule has 12 heteroatoms. The van der Waals surface area contributed by atoms with E-state index in [9.17, 15) is 14.7 Å². The zero-order chi connectivity index (χ0) is 32.4. The molecule has 11 nitrogen and oxygen atoms in total. The van der Waals surface area contributed by atoms with Crippen molar-refractivity contribution in [2.75, 3.05) is 37.4 Å². The SMILES string of the molecule is CCOc1cc(CN(C)CCC(C)(C)N)cc(CNc2ccc(Cl)cc2C(=O)Nc2ccc(C(=N)N)cc2)c1OCC(=O)O. The molecule has 44 heavy (non-hydrogen) atoms. The number of halogens is 1. The minimum atomic E-state index is -1.12. The molecular formula is C32H41ClN6O5. The second-order valence-corrected chi connectivity index (χ2v) is 11.6. The van der Waals surface area contributed by atoms with Gasteiger partial charge in [-0.1, -0.05) is 11.6 Å². The standard InChI is InChI=1S/C32H41ClN6O5/c1-5-43-27-15-20(18-39(4)13-12-32(2,3)36)14-22(29(27)44-19-28(40)41)17-37-26-11-8-23(33)16-25(26)31(42)38-24-9-6-21(7-10-24)30(34)35/h6-11,14-16,37H,5,12-13,17-19,36H2,1-4H3,(H3,34,35)(H,38,42)(H,40,41). The summed E-state index contributed by atoms with van der Waals surface area (Å²) in [5, 5.41) is 23.4. The van der Waals surface area contributed by atoms with Gasteiger partial charge in [0.15, 0.2) is 18.1 Å². The molecule has 0 atom stereocenters. The lowest BCUT2D eigenvalue weighted by Crippen LogP contribution is -2.36. The van der Waals surface area contributed by atoms with Crippen LogP contribution >= 0.6 is 11.6 Å². The number of aliphatic carboxylic acids is 1. The number of carbonyl (C=O) groups excluding carboxylic acids is 1. The molecule has 0 aliphatic rings. The number of carboxylic acids is 1. The molecule has 3 aromatic rings. The van der Waals surface area contributed by atoms with Gasteiger partial charge in [0, 0.05) is 46.2 Å². The zero-order valence-electron chi connectivity index (χ0n) is 25.5. The molecule has 0 aromatic heterocycles. The number of benzene rings is 3. The van der Waals surface area contributed by atoms with E-state index in [0.717, 1.165) is 18.5 Å². The van der Waals surface area contributed by atoms with Crippen LogP contribution in [0.1, 0.15) is 54.2 Å². The van der Waals surface area contributed by atoms with Gasteiger partial charge < -0.3 is 41.6 Å². The highest BCUT2D eigenvalue weighted by atomic mass is 35.5. The number of nitrogens with zero attached hydrogens (tertiary/aromatic N) is 1. The molecule has 0 saturated carbocycles. The Labute approximate surface area is 263 Å². The van der Waals surface area contributed by atoms with E-state index in [0.29, 0.717) is 57.7 Å². The normalized spacial score (nSPS) is 11.2. The summed E-state index contributed by atoms with van der Waals surface area (Å²) in [5.74, 6) is -0.854. The van der Waals surface area contributed by atoms with Crippen LogP contribution in [-0.2, 0) is 17.9 Å². The number of carbonyl (C=O) groups is 2. The Morgan fingerprint density at radius 3 is 2.41 bits per heavy atom. The van der Waals surface area contributed by atoms with Gasteiger partial charge in [0.05, 0.1) is 12.2 Å². The monoisotopic (exact) mass is 624 g/mol. The van der Waals surface area contributed by atoms with Crippen molar-refractivity contribution in [1.82, 2.24) is 4.90 Å². The first-order valence-electron chi connectivity index (χ1n) is 14.2. The van der Waals surface area contributed by atoms with E-state index < -0.39 is 18.5 Å². The van der Waals surface area contributed by atoms with Crippen LogP contribution in [0.15, 0.2) is 54.6 Å². The lowest BCUT2D eigenvalue weighted by atomic mass is 10.0. The van der Waals surface area contributed by atoms with E-state index in [1.807, 2.05) is 40.0 Å². The molecule has 0 unspecified atom stereocenters. The number of hydrogen-bond acceptors (Lipinski definition) is 8. The van der Waals surface area contributed by atoms with Crippen molar-refractivity contribution in [2.24, 2.45) is 11.5 Å². The fourth-order valence-corrected chi connectivity index (χ4v) is 4.53. The Bertz CT molecular complexity index is 1470. The maximum Gasteiger partial charge on any atom is 0.341 e. The lowest BCUT2D eigenvalue weighted by Gasteiger charge is -2.24. The van der Waals surface area contributed by atoms with Gasteiger partial charge in [-0.3, -0.25) is 10.2 Å². The van der Waals surface area contributed by atoms with Crippen molar-refractivity contribution < 1.29 is 24.2 Å². The third-order valence-electron chi connectivity index (χ3n) is 6.57. The fraction of sp³-hybridized carbons (Fsp3) is 0.344. The number of anilines is 2. The van der Waals surface area contributed by atoms with Crippen LogP contribution < -0.4 is 31.6 Å². The average molecular weight is 625 g/mol.